The van der Waals surface area contributed by atoms with Crippen LogP contribution in [-0.2, 0) is 5.41 Å². The molecule has 59 heavy (non-hydrogen) atoms. The lowest BCUT2D eigenvalue weighted by molar-refractivity contribution is 0.669. The Morgan fingerprint density at radius 2 is 0.847 bits per heavy atom. The van der Waals surface area contributed by atoms with Gasteiger partial charge in [0.15, 0.2) is 0 Å². The molecule has 0 amide bonds. The van der Waals surface area contributed by atoms with E-state index in [0.717, 1.165) is 39.0 Å². The Balaban J connectivity index is 0.918. The van der Waals surface area contributed by atoms with Crippen molar-refractivity contribution in [2.75, 3.05) is 4.90 Å². The zero-order valence-corrected chi connectivity index (χ0v) is 33.1. The minimum atomic E-state index is -0.0628. The second-order valence-corrected chi connectivity index (χ2v) is 16.2. The Morgan fingerprint density at radius 3 is 1.51 bits per heavy atom. The van der Waals surface area contributed by atoms with Crippen LogP contribution in [0.5, 0.6) is 0 Å². The number of rotatable bonds is 7. The van der Waals surface area contributed by atoms with E-state index in [2.05, 4.69) is 219 Å². The van der Waals surface area contributed by atoms with Gasteiger partial charge in [0.05, 0.1) is 0 Å². The van der Waals surface area contributed by atoms with E-state index < -0.39 is 0 Å². The summed E-state index contributed by atoms with van der Waals surface area (Å²) >= 11 is 0. The fourth-order valence-corrected chi connectivity index (χ4v) is 9.09. The molecule has 2 nitrogen and oxygen atoms in total. The van der Waals surface area contributed by atoms with Gasteiger partial charge in [-0.15, -0.1) is 0 Å². The molecular formula is C57H41NO. The van der Waals surface area contributed by atoms with Gasteiger partial charge in [-0.3, -0.25) is 0 Å². The van der Waals surface area contributed by atoms with E-state index in [1.54, 1.807) is 0 Å². The van der Waals surface area contributed by atoms with Gasteiger partial charge in [0, 0.05) is 33.2 Å². The average Bonchev–Trinajstić information content (AvgIpc) is 3.80. The summed E-state index contributed by atoms with van der Waals surface area (Å²) in [5.41, 5.74) is 17.5. The van der Waals surface area contributed by atoms with Crippen LogP contribution in [0.25, 0.3) is 77.7 Å². The van der Waals surface area contributed by atoms with Gasteiger partial charge in [-0.2, -0.15) is 0 Å². The van der Waals surface area contributed by atoms with Crippen LogP contribution in [0.1, 0.15) is 30.5 Å². The van der Waals surface area contributed by atoms with Gasteiger partial charge in [-0.1, -0.05) is 159 Å². The average molecular weight is 756 g/mol. The van der Waals surface area contributed by atoms with E-state index in [-0.39, 0.29) is 5.41 Å². The molecule has 1 aliphatic rings. The molecule has 0 radical (unpaired) electrons. The van der Waals surface area contributed by atoms with Crippen LogP contribution in [0.2, 0.25) is 0 Å². The highest BCUT2D eigenvalue weighted by atomic mass is 16.3. The third-order valence-electron chi connectivity index (χ3n) is 12.3. The molecule has 0 unspecified atom stereocenters. The van der Waals surface area contributed by atoms with Crippen molar-refractivity contribution in [1.29, 1.82) is 0 Å². The van der Waals surface area contributed by atoms with E-state index in [0.29, 0.717) is 0 Å². The first-order valence-corrected chi connectivity index (χ1v) is 20.4. The van der Waals surface area contributed by atoms with Crippen molar-refractivity contribution in [2.45, 2.75) is 19.3 Å². The molecule has 280 valence electrons. The topological polar surface area (TPSA) is 16.4 Å². The molecule has 0 bridgehead atoms. The standard InChI is InChI=1S/C57H41NO/c1-57(2)53-13-7-5-11-47(53)37-54(57)43-25-32-50(33-26-43)58(49-30-23-42(24-31-49)45-20-19-38-9-3-4-10-44(38)35-45)48-28-21-40(22-29-48)39-15-17-41(18-16-39)46-27-34-56-52(36-46)51-12-6-8-14-55(51)59-56/h3-37H,1-2H3. The summed E-state index contributed by atoms with van der Waals surface area (Å²) in [5.74, 6) is 0. The van der Waals surface area contributed by atoms with Gasteiger partial charge in [-0.25, -0.2) is 0 Å². The summed E-state index contributed by atoms with van der Waals surface area (Å²) in [6.07, 6.45) is 2.36. The number of allylic oxidation sites excluding steroid dienone is 1. The molecule has 1 aromatic heterocycles. The van der Waals surface area contributed by atoms with Gasteiger partial charge in [0.25, 0.3) is 0 Å². The number of furan rings is 1. The van der Waals surface area contributed by atoms with Crippen LogP contribution in [0.4, 0.5) is 17.1 Å². The normalized spacial score (nSPS) is 13.2. The number of fused-ring (bicyclic) bond motifs is 5. The Hall–Kier alpha value is -7.42. The van der Waals surface area contributed by atoms with Crippen LogP contribution < -0.4 is 4.90 Å². The van der Waals surface area contributed by atoms with Crippen LogP contribution in [0.15, 0.2) is 211 Å². The molecule has 0 N–H and O–H groups in total. The number of anilines is 3. The van der Waals surface area contributed by atoms with Crippen LogP contribution in [0.3, 0.4) is 0 Å². The Bertz CT molecular complexity index is 3200. The summed E-state index contributed by atoms with van der Waals surface area (Å²) in [4.78, 5) is 2.36. The van der Waals surface area contributed by atoms with E-state index >= 15 is 0 Å². The largest absolute Gasteiger partial charge is 0.456 e. The zero-order valence-electron chi connectivity index (χ0n) is 33.1. The first-order chi connectivity index (χ1) is 29.0. The summed E-state index contributed by atoms with van der Waals surface area (Å²) in [7, 11) is 0. The highest BCUT2D eigenvalue weighted by Crippen LogP contribution is 2.47. The van der Waals surface area contributed by atoms with E-state index in [1.165, 1.54) is 66.4 Å². The van der Waals surface area contributed by atoms with E-state index in [9.17, 15) is 0 Å². The van der Waals surface area contributed by atoms with Crippen molar-refractivity contribution in [1.82, 2.24) is 0 Å². The van der Waals surface area contributed by atoms with Gasteiger partial charge in [-0.05, 0) is 133 Å². The van der Waals surface area contributed by atoms with Gasteiger partial charge in [0.1, 0.15) is 11.2 Å². The SMILES string of the molecule is CC1(C)C(c2ccc(N(c3ccc(-c4ccc(-c5ccc6oc7ccccc7c6c5)cc4)cc3)c3ccc(-c4ccc5ccccc5c4)cc3)cc2)=Cc2ccccc21. The molecule has 1 aliphatic carbocycles. The molecule has 9 aromatic carbocycles. The molecule has 0 atom stereocenters. The van der Waals surface area contributed by atoms with Crippen molar-refractivity contribution >= 4 is 61.4 Å². The third-order valence-corrected chi connectivity index (χ3v) is 12.3. The van der Waals surface area contributed by atoms with Crippen LogP contribution >= 0.6 is 0 Å². The maximum absolute atomic E-state index is 6.08. The minimum Gasteiger partial charge on any atom is -0.456 e. The molecule has 2 heteroatoms. The molecule has 0 saturated carbocycles. The van der Waals surface area contributed by atoms with Gasteiger partial charge in [0.2, 0.25) is 0 Å². The Kier molecular flexibility index (Phi) is 8.20. The quantitative estimate of drug-likeness (QED) is 0.161. The van der Waals surface area contributed by atoms with Gasteiger partial charge >= 0.3 is 0 Å². The van der Waals surface area contributed by atoms with E-state index in [1.807, 2.05) is 12.1 Å². The highest BCUT2D eigenvalue weighted by Gasteiger charge is 2.33. The summed E-state index contributed by atoms with van der Waals surface area (Å²) < 4.78 is 6.08. The maximum atomic E-state index is 6.08. The third kappa shape index (κ3) is 6.13. The lowest BCUT2D eigenvalue weighted by Gasteiger charge is -2.28. The molecule has 11 rings (SSSR count). The minimum absolute atomic E-state index is 0.0628. The van der Waals surface area contributed by atoms with Crippen LogP contribution in [-0.4, -0.2) is 0 Å². The van der Waals surface area contributed by atoms with Crippen molar-refractivity contribution in [3.8, 4) is 33.4 Å². The summed E-state index contributed by atoms with van der Waals surface area (Å²) in [5, 5.41) is 4.79. The van der Waals surface area contributed by atoms with Crippen LogP contribution in [0, 0.1) is 0 Å². The Morgan fingerprint density at radius 1 is 0.373 bits per heavy atom. The highest BCUT2D eigenvalue weighted by molar-refractivity contribution is 6.06. The fourth-order valence-electron chi connectivity index (χ4n) is 9.09. The molecule has 1 heterocycles. The molecule has 0 saturated heterocycles. The second kappa shape index (κ2) is 13.9. The lowest BCUT2D eigenvalue weighted by Crippen LogP contribution is -2.16. The number of nitrogens with zero attached hydrogens (tertiary/aromatic N) is 1. The Labute approximate surface area is 345 Å². The molecule has 10 aromatic rings. The number of hydrogen-bond acceptors (Lipinski definition) is 2. The van der Waals surface area contributed by atoms with Crippen molar-refractivity contribution in [2.24, 2.45) is 0 Å². The number of benzene rings is 9. The monoisotopic (exact) mass is 755 g/mol. The number of hydrogen-bond donors (Lipinski definition) is 0. The smallest absolute Gasteiger partial charge is 0.135 e. The van der Waals surface area contributed by atoms with Gasteiger partial charge < -0.3 is 9.32 Å². The number of para-hydroxylation sites is 1. The van der Waals surface area contributed by atoms with E-state index in [4.69, 9.17) is 4.42 Å². The molecule has 0 fully saturated rings. The summed E-state index contributed by atoms with van der Waals surface area (Å²) in [6, 6.07) is 74.7. The summed E-state index contributed by atoms with van der Waals surface area (Å²) in [6.45, 7) is 4.66. The molecule has 0 spiro atoms. The maximum Gasteiger partial charge on any atom is 0.135 e. The van der Waals surface area contributed by atoms with Crippen molar-refractivity contribution in [3.63, 3.8) is 0 Å². The zero-order chi connectivity index (χ0) is 39.5. The lowest BCUT2D eigenvalue weighted by atomic mass is 9.78. The van der Waals surface area contributed by atoms with Crippen molar-refractivity contribution < 1.29 is 4.42 Å². The first-order valence-electron chi connectivity index (χ1n) is 20.4. The van der Waals surface area contributed by atoms with Crippen molar-refractivity contribution in [3.05, 3.63) is 223 Å². The predicted molar refractivity (Wildman–Crippen MR) is 250 cm³/mol. The molecular weight excluding hydrogens is 715 g/mol. The fraction of sp³-hybridized carbons (Fsp3) is 0.0526. The first kappa shape index (κ1) is 34.8. The molecule has 0 aliphatic heterocycles. The predicted octanol–water partition coefficient (Wildman–Crippen LogP) is 16.0. The second-order valence-electron chi connectivity index (χ2n) is 16.2.